The monoisotopic (exact) mass is 420 g/mol. The Bertz CT molecular complexity index is 1240. The van der Waals surface area contributed by atoms with E-state index in [0.717, 1.165) is 11.1 Å². The number of rotatable bonds is 4. The summed E-state index contributed by atoms with van der Waals surface area (Å²) in [5.74, 6) is -0.275. The second-order valence-electron chi connectivity index (χ2n) is 6.83. The molecule has 6 nitrogen and oxygen atoms in total. The van der Waals surface area contributed by atoms with Gasteiger partial charge in [0, 0.05) is 10.6 Å². The molecule has 0 spiro atoms. The van der Waals surface area contributed by atoms with E-state index in [9.17, 15) is 14.7 Å². The van der Waals surface area contributed by atoms with Gasteiger partial charge in [-0.15, -0.1) is 0 Å². The van der Waals surface area contributed by atoms with Gasteiger partial charge in [-0.3, -0.25) is 4.79 Å². The molecule has 1 N–H and O–H groups in total. The predicted octanol–water partition coefficient (Wildman–Crippen LogP) is 5.41. The minimum atomic E-state index is -1.07. The lowest BCUT2D eigenvalue weighted by atomic mass is 10.1. The van der Waals surface area contributed by atoms with E-state index in [1.807, 2.05) is 31.2 Å². The van der Waals surface area contributed by atoms with Crippen molar-refractivity contribution in [1.82, 2.24) is 0 Å². The zero-order chi connectivity index (χ0) is 21.4. The van der Waals surface area contributed by atoms with Gasteiger partial charge in [0.2, 0.25) is 0 Å². The zero-order valence-electron chi connectivity index (χ0n) is 16.2. The third kappa shape index (κ3) is 3.53. The summed E-state index contributed by atoms with van der Waals surface area (Å²) < 4.78 is 5.92. The second-order valence-corrected chi connectivity index (χ2v) is 7.24. The Morgan fingerprint density at radius 2 is 1.90 bits per heavy atom. The van der Waals surface area contributed by atoms with E-state index < -0.39 is 5.97 Å². The first-order valence-electron chi connectivity index (χ1n) is 9.15. The molecule has 0 atom stereocenters. The Morgan fingerprint density at radius 1 is 1.13 bits per heavy atom. The van der Waals surface area contributed by atoms with Crippen LogP contribution in [0.4, 0.5) is 5.69 Å². The summed E-state index contributed by atoms with van der Waals surface area (Å²) in [6.07, 6.45) is 1.63. The first-order valence-corrected chi connectivity index (χ1v) is 9.53. The molecule has 4 rings (SSSR count). The molecule has 1 aromatic heterocycles. The third-order valence-corrected chi connectivity index (χ3v) is 5.26. The molecule has 1 amide bonds. The van der Waals surface area contributed by atoms with E-state index >= 15 is 0 Å². The van der Waals surface area contributed by atoms with Gasteiger partial charge in [0.05, 0.1) is 22.5 Å². The largest absolute Gasteiger partial charge is 0.478 e. The molecule has 150 valence electrons. The molecular weight excluding hydrogens is 404 g/mol. The zero-order valence-corrected chi connectivity index (χ0v) is 17.0. The molecular formula is C23H17ClN2O4. The van der Waals surface area contributed by atoms with E-state index in [-0.39, 0.29) is 11.5 Å². The van der Waals surface area contributed by atoms with Crippen molar-refractivity contribution in [2.75, 3.05) is 5.01 Å². The number of furan rings is 1. The summed E-state index contributed by atoms with van der Waals surface area (Å²) in [6, 6.07) is 15.3. The lowest BCUT2D eigenvalue weighted by Crippen LogP contribution is -2.21. The highest BCUT2D eigenvalue weighted by atomic mass is 35.5. The number of hydrazone groups is 1. The predicted molar refractivity (Wildman–Crippen MR) is 116 cm³/mol. The highest BCUT2D eigenvalue weighted by Gasteiger charge is 2.29. The number of carboxylic acids is 1. The number of nitrogens with zero attached hydrogens (tertiary/aromatic N) is 2. The first-order chi connectivity index (χ1) is 14.3. The van der Waals surface area contributed by atoms with Crippen LogP contribution < -0.4 is 5.01 Å². The van der Waals surface area contributed by atoms with Crippen molar-refractivity contribution in [3.63, 3.8) is 0 Å². The van der Waals surface area contributed by atoms with Gasteiger partial charge in [-0.05, 0) is 61.9 Å². The third-order valence-electron chi connectivity index (χ3n) is 4.85. The molecule has 1 aliphatic rings. The summed E-state index contributed by atoms with van der Waals surface area (Å²) in [5.41, 5.74) is 3.14. The van der Waals surface area contributed by atoms with Crippen LogP contribution in [0.1, 0.15) is 28.6 Å². The topological polar surface area (TPSA) is 83.1 Å². The number of benzene rings is 2. The minimum absolute atomic E-state index is 0.0816. The van der Waals surface area contributed by atoms with Gasteiger partial charge in [0.25, 0.3) is 5.91 Å². The average Bonchev–Trinajstić information content (AvgIpc) is 3.30. The summed E-state index contributed by atoms with van der Waals surface area (Å²) in [4.78, 5) is 24.1. The number of hydrogen-bond acceptors (Lipinski definition) is 4. The van der Waals surface area contributed by atoms with Gasteiger partial charge in [-0.25, -0.2) is 4.79 Å². The van der Waals surface area contributed by atoms with Gasteiger partial charge in [-0.2, -0.15) is 10.1 Å². The van der Waals surface area contributed by atoms with E-state index in [1.165, 1.54) is 17.1 Å². The number of carboxylic acid groups (broad SMARTS) is 1. The molecule has 0 unspecified atom stereocenters. The van der Waals surface area contributed by atoms with E-state index in [2.05, 4.69) is 5.10 Å². The molecule has 1 aliphatic heterocycles. The molecule has 0 saturated heterocycles. The lowest BCUT2D eigenvalue weighted by molar-refractivity contribution is -0.114. The molecule has 0 saturated carbocycles. The fraction of sp³-hybridized carbons (Fsp3) is 0.0870. The van der Waals surface area contributed by atoms with Crippen molar-refractivity contribution in [2.45, 2.75) is 13.8 Å². The molecule has 0 bridgehead atoms. The smallest absolute Gasteiger partial charge is 0.335 e. The summed E-state index contributed by atoms with van der Waals surface area (Å²) in [7, 11) is 0. The second kappa shape index (κ2) is 7.65. The van der Waals surface area contributed by atoms with Gasteiger partial charge in [0.15, 0.2) is 0 Å². The Morgan fingerprint density at radius 3 is 2.67 bits per heavy atom. The highest BCUT2D eigenvalue weighted by Crippen LogP contribution is 2.31. The SMILES string of the molecule is CC1=NN(c2cccc(C(=O)O)c2)C(=O)/C1=C\c1ccc(-c2cccc(Cl)c2C)o1. The molecule has 30 heavy (non-hydrogen) atoms. The average molecular weight is 421 g/mol. The first kappa shape index (κ1) is 19.7. The number of amides is 1. The molecule has 7 heteroatoms. The van der Waals surface area contributed by atoms with Crippen molar-refractivity contribution >= 4 is 41.0 Å². The molecule has 3 aromatic rings. The van der Waals surface area contributed by atoms with Crippen molar-refractivity contribution in [2.24, 2.45) is 5.10 Å². The number of aromatic carboxylic acids is 1. The number of anilines is 1. The Hall–Kier alpha value is -3.64. The highest BCUT2D eigenvalue weighted by molar-refractivity contribution is 6.32. The summed E-state index contributed by atoms with van der Waals surface area (Å²) in [6.45, 7) is 3.63. The van der Waals surface area contributed by atoms with Crippen LogP contribution in [0.5, 0.6) is 0 Å². The number of carbonyl (C=O) groups excluding carboxylic acids is 1. The van der Waals surface area contributed by atoms with Gasteiger partial charge >= 0.3 is 5.97 Å². The van der Waals surface area contributed by atoms with Crippen molar-refractivity contribution in [3.05, 3.63) is 82.1 Å². The maximum atomic E-state index is 12.9. The Kier molecular flexibility index (Phi) is 5.01. The number of halogens is 1. The lowest BCUT2D eigenvalue weighted by Gasteiger charge is -2.12. The summed E-state index contributed by atoms with van der Waals surface area (Å²) >= 11 is 6.19. The van der Waals surface area contributed by atoms with Crippen LogP contribution in [0.3, 0.4) is 0 Å². The van der Waals surface area contributed by atoms with Gasteiger partial charge < -0.3 is 9.52 Å². The molecule has 0 radical (unpaired) electrons. The summed E-state index contributed by atoms with van der Waals surface area (Å²) in [5, 5.41) is 15.3. The Labute approximate surface area is 177 Å². The number of hydrogen-bond donors (Lipinski definition) is 1. The Balaban J connectivity index is 1.64. The minimum Gasteiger partial charge on any atom is -0.478 e. The van der Waals surface area contributed by atoms with Crippen LogP contribution in [-0.4, -0.2) is 22.7 Å². The van der Waals surface area contributed by atoms with Crippen LogP contribution >= 0.6 is 11.6 Å². The molecule has 0 aliphatic carbocycles. The molecule has 0 fully saturated rings. The van der Waals surface area contributed by atoms with E-state index in [4.69, 9.17) is 16.0 Å². The number of carbonyl (C=O) groups is 2. The maximum Gasteiger partial charge on any atom is 0.335 e. The van der Waals surface area contributed by atoms with Gasteiger partial charge in [-0.1, -0.05) is 29.8 Å². The molecule has 2 heterocycles. The van der Waals surface area contributed by atoms with Crippen LogP contribution in [0.15, 0.2) is 69.7 Å². The fourth-order valence-corrected chi connectivity index (χ4v) is 3.40. The normalized spacial score (nSPS) is 15.0. The van der Waals surface area contributed by atoms with Gasteiger partial charge in [0.1, 0.15) is 11.5 Å². The fourth-order valence-electron chi connectivity index (χ4n) is 3.22. The quantitative estimate of drug-likeness (QED) is 0.572. The van der Waals surface area contributed by atoms with Crippen LogP contribution in [0.2, 0.25) is 5.02 Å². The van der Waals surface area contributed by atoms with E-state index in [0.29, 0.717) is 33.5 Å². The van der Waals surface area contributed by atoms with Crippen LogP contribution in [-0.2, 0) is 4.79 Å². The molecule has 2 aromatic carbocycles. The van der Waals surface area contributed by atoms with Crippen molar-refractivity contribution in [1.29, 1.82) is 0 Å². The standard InChI is InChI=1S/C23H17ClN2O4/c1-13-18(7-4-8-20(13)24)21-10-9-17(30-21)12-19-14(2)25-26(22(19)27)16-6-3-5-15(11-16)23(28)29/h3-12H,1-2H3,(H,28,29)/b19-12-. The van der Waals surface area contributed by atoms with Crippen LogP contribution in [0.25, 0.3) is 17.4 Å². The maximum absolute atomic E-state index is 12.9. The van der Waals surface area contributed by atoms with Crippen LogP contribution in [0, 0.1) is 6.92 Å². The van der Waals surface area contributed by atoms with Crippen molar-refractivity contribution in [3.8, 4) is 11.3 Å². The van der Waals surface area contributed by atoms with E-state index in [1.54, 1.807) is 31.2 Å². The van der Waals surface area contributed by atoms with Crippen molar-refractivity contribution < 1.29 is 19.1 Å².